The molecule has 0 aromatic heterocycles. The van der Waals surface area contributed by atoms with E-state index in [9.17, 15) is 38.4 Å². The van der Waals surface area contributed by atoms with E-state index in [-0.39, 0.29) is 12.8 Å². The molecular weight excluding hydrogens is 680 g/mol. The van der Waals surface area contributed by atoms with Crippen LogP contribution in [-0.4, -0.2) is 98.9 Å². The Morgan fingerprint density at radius 1 is 0.635 bits per heavy atom. The van der Waals surface area contributed by atoms with Gasteiger partial charge in [-0.05, 0) is 22.3 Å². The number of nitrogens with one attached hydrogen (secondary N) is 6. The molecule has 1 heterocycles. The molecule has 52 heavy (non-hydrogen) atoms. The predicted octanol–water partition coefficient (Wildman–Crippen LogP) is -3.30. The highest BCUT2D eigenvalue weighted by Crippen LogP contribution is 2.10. The fourth-order valence-corrected chi connectivity index (χ4v) is 5.24. The van der Waals surface area contributed by atoms with Gasteiger partial charge in [-0.25, -0.2) is 9.59 Å². The first-order valence-corrected chi connectivity index (χ1v) is 16.3. The van der Waals surface area contributed by atoms with Gasteiger partial charge in [-0.15, -0.1) is 0 Å². The van der Waals surface area contributed by atoms with Crippen molar-refractivity contribution in [3.05, 3.63) is 70.8 Å². The topological polar surface area (TPSA) is 279 Å². The summed E-state index contributed by atoms with van der Waals surface area (Å²) < 4.78 is 9.57. The quantitative estimate of drug-likeness (QED) is 0.0703. The zero-order valence-corrected chi connectivity index (χ0v) is 28.8. The highest BCUT2D eigenvalue weighted by Gasteiger charge is 2.36. The summed E-state index contributed by atoms with van der Waals surface area (Å²) in [6.07, 6.45) is -0.813. The van der Waals surface area contributed by atoms with Gasteiger partial charge in [-0.1, -0.05) is 48.5 Å². The molecule has 0 aliphatic carbocycles. The molecule has 2 aromatic carbocycles. The molecule has 1 aliphatic rings. The van der Waals surface area contributed by atoms with Crippen molar-refractivity contribution in [2.24, 2.45) is 11.5 Å². The van der Waals surface area contributed by atoms with Crippen LogP contribution in [0.5, 0.6) is 0 Å². The van der Waals surface area contributed by atoms with Gasteiger partial charge < -0.3 is 52.8 Å². The number of hydrogen-bond acceptors (Lipinski definition) is 12. The highest BCUT2D eigenvalue weighted by molar-refractivity contribution is 6.01. The van der Waals surface area contributed by atoms with Crippen LogP contribution in [0.3, 0.4) is 0 Å². The van der Waals surface area contributed by atoms with Crippen molar-refractivity contribution in [3.63, 3.8) is 0 Å². The van der Waals surface area contributed by atoms with E-state index in [0.717, 1.165) is 22.3 Å². The summed E-state index contributed by atoms with van der Waals surface area (Å²) in [5.74, 6) is -5.79. The molecule has 10 N–H and O–H groups in total. The molecule has 18 nitrogen and oxygen atoms in total. The number of rotatable bonds is 18. The van der Waals surface area contributed by atoms with E-state index >= 15 is 0 Å². The third kappa shape index (κ3) is 12.8. The predicted molar refractivity (Wildman–Crippen MR) is 183 cm³/mol. The van der Waals surface area contributed by atoms with Crippen molar-refractivity contribution in [1.82, 2.24) is 31.9 Å². The monoisotopic (exact) mass is 724 g/mol. The van der Waals surface area contributed by atoms with Crippen LogP contribution in [0.15, 0.2) is 48.5 Å². The van der Waals surface area contributed by atoms with Crippen LogP contribution in [0.2, 0.25) is 0 Å². The normalized spacial score (nSPS) is 16.2. The second kappa shape index (κ2) is 20.1. The molecule has 3 rings (SSSR count). The van der Waals surface area contributed by atoms with E-state index in [1.54, 1.807) is 36.4 Å². The third-order valence-electron chi connectivity index (χ3n) is 7.91. The van der Waals surface area contributed by atoms with Gasteiger partial charge in [-0.3, -0.25) is 28.8 Å². The van der Waals surface area contributed by atoms with E-state index < -0.39 is 97.5 Å². The van der Waals surface area contributed by atoms with Crippen molar-refractivity contribution in [1.29, 1.82) is 0 Å². The number of esters is 2. The molecular formula is C34H44N8O10. The SMILES string of the molecule is COC(=O)C(Cc1cccc(CN)c1)NC(=O)CNC(=O)C[C@H]1NC(=O)[C@@H](CC(=O)NCC(=O)NC(Cc2cccc(CN)c2)C(=O)OC)NC1=O. The fraction of sp³-hybridized carbons (Fsp3) is 0.412. The number of nitrogens with two attached hydrogens (primary N) is 2. The molecule has 0 bridgehead atoms. The molecule has 1 aliphatic heterocycles. The lowest BCUT2D eigenvalue weighted by atomic mass is 10.0. The Bertz CT molecular complexity index is 1530. The molecule has 0 radical (unpaired) electrons. The van der Waals surface area contributed by atoms with E-state index in [4.69, 9.17) is 20.9 Å². The van der Waals surface area contributed by atoms with Crippen molar-refractivity contribution >= 4 is 47.4 Å². The van der Waals surface area contributed by atoms with Gasteiger partial charge >= 0.3 is 11.9 Å². The lowest BCUT2D eigenvalue weighted by molar-refractivity contribution is -0.145. The van der Waals surface area contributed by atoms with Gasteiger partial charge in [0.15, 0.2) is 0 Å². The average Bonchev–Trinajstić information content (AvgIpc) is 3.14. The molecule has 4 atom stereocenters. The number of amides is 6. The third-order valence-corrected chi connectivity index (χ3v) is 7.91. The van der Waals surface area contributed by atoms with Crippen molar-refractivity contribution in [3.8, 4) is 0 Å². The number of ether oxygens (including phenoxy) is 2. The number of benzene rings is 2. The maximum atomic E-state index is 12.7. The van der Waals surface area contributed by atoms with Gasteiger partial charge in [0.1, 0.15) is 24.2 Å². The minimum atomic E-state index is -1.29. The maximum Gasteiger partial charge on any atom is 0.328 e. The summed E-state index contributed by atoms with van der Waals surface area (Å²) in [6, 6.07) is 9.60. The lowest BCUT2D eigenvalue weighted by Gasteiger charge is -2.29. The zero-order chi connectivity index (χ0) is 38.2. The minimum Gasteiger partial charge on any atom is -0.467 e. The second-order valence-corrected chi connectivity index (χ2v) is 11.8. The Kier molecular flexibility index (Phi) is 15.7. The summed E-state index contributed by atoms with van der Waals surface area (Å²) >= 11 is 0. The zero-order valence-electron chi connectivity index (χ0n) is 28.8. The van der Waals surface area contributed by atoms with Crippen LogP contribution >= 0.6 is 0 Å². The van der Waals surface area contributed by atoms with Gasteiger partial charge in [0.05, 0.1) is 40.2 Å². The van der Waals surface area contributed by atoms with Crippen molar-refractivity contribution in [2.45, 2.75) is 62.9 Å². The first kappa shape index (κ1) is 40.5. The summed E-state index contributed by atoms with van der Waals surface area (Å²) in [7, 11) is 2.35. The number of hydrogen-bond donors (Lipinski definition) is 8. The largest absolute Gasteiger partial charge is 0.467 e. The molecule has 1 fully saturated rings. The highest BCUT2D eigenvalue weighted by atomic mass is 16.5. The van der Waals surface area contributed by atoms with E-state index in [2.05, 4.69) is 31.9 Å². The lowest BCUT2D eigenvalue weighted by Crippen LogP contribution is -2.63. The number of piperazine rings is 1. The molecule has 6 amide bonds. The van der Waals surface area contributed by atoms with Gasteiger partial charge in [-0.2, -0.15) is 0 Å². The molecule has 2 aromatic rings. The Labute approximate surface area is 299 Å². The van der Waals surface area contributed by atoms with Gasteiger partial charge in [0.2, 0.25) is 35.4 Å². The standard InChI is InChI=1S/C34H44N8O10/c1-51-33(49)25(11-19-5-3-7-21(9-19)15-35)39-29(45)17-37-27(43)13-23-31(47)42-24(32(48)41-23)14-28(44)38-18-30(46)40-26(34(50)52-2)12-20-6-4-8-22(10-20)16-36/h3-10,23-26H,11-18,35-36H2,1-2H3,(H,37,43)(H,38,44)(H,39,45)(H,40,46)(H,41,48)(H,42,47)/t23-,24-,25?,26?/m1/s1. The van der Waals surface area contributed by atoms with Gasteiger partial charge in [0, 0.05) is 25.9 Å². The van der Waals surface area contributed by atoms with Crippen LogP contribution in [0.1, 0.15) is 35.1 Å². The number of carbonyl (C=O) groups is 8. The summed E-state index contributed by atoms with van der Waals surface area (Å²) in [4.78, 5) is 100. The van der Waals surface area contributed by atoms with Crippen molar-refractivity contribution < 1.29 is 47.8 Å². The van der Waals surface area contributed by atoms with Crippen LogP contribution in [0.4, 0.5) is 0 Å². The van der Waals surface area contributed by atoms with Crippen LogP contribution < -0.4 is 43.4 Å². The van der Waals surface area contributed by atoms with E-state index in [1.165, 1.54) is 14.2 Å². The van der Waals surface area contributed by atoms with Crippen LogP contribution in [0, 0.1) is 0 Å². The summed E-state index contributed by atoms with van der Waals surface area (Å²) in [5.41, 5.74) is 14.5. The van der Waals surface area contributed by atoms with E-state index in [0.29, 0.717) is 13.1 Å². The average molecular weight is 725 g/mol. The molecule has 2 unspecified atom stereocenters. The van der Waals surface area contributed by atoms with Gasteiger partial charge in [0.25, 0.3) is 0 Å². The molecule has 280 valence electrons. The van der Waals surface area contributed by atoms with E-state index in [1.807, 2.05) is 12.1 Å². The van der Waals surface area contributed by atoms with Crippen LogP contribution in [0.25, 0.3) is 0 Å². The second-order valence-electron chi connectivity index (χ2n) is 11.8. The Morgan fingerprint density at radius 2 is 1.00 bits per heavy atom. The van der Waals surface area contributed by atoms with Crippen molar-refractivity contribution in [2.75, 3.05) is 27.3 Å². The number of carbonyl (C=O) groups excluding carboxylic acids is 8. The number of methoxy groups -OCH3 is 2. The Hall–Kier alpha value is -5.88. The molecule has 1 saturated heterocycles. The Balaban J connectivity index is 1.42. The first-order valence-electron chi connectivity index (χ1n) is 16.3. The smallest absolute Gasteiger partial charge is 0.328 e. The minimum absolute atomic E-state index is 0.113. The summed E-state index contributed by atoms with van der Waals surface area (Å²) in [6.45, 7) is -0.482. The molecule has 18 heteroatoms. The molecule has 0 saturated carbocycles. The Morgan fingerprint density at radius 3 is 1.35 bits per heavy atom. The maximum absolute atomic E-state index is 12.7. The summed E-state index contributed by atoms with van der Waals surface area (Å²) in [5, 5.41) is 14.4. The van der Waals surface area contributed by atoms with Crippen LogP contribution in [-0.2, 0) is 73.8 Å². The molecule has 0 spiro atoms. The first-order chi connectivity index (χ1) is 24.8. The fourth-order valence-electron chi connectivity index (χ4n) is 5.24.